The van der Waals surface area contributed by atoms with Crippen molar-refractivity contribution in [2.75, 3.05) is 26.3 Å². The molecule has 3 saturated heterocycles. The van der Waals surface area contributed by atoms with E-state index in [0.29, 0.717) is 65.0 Å². The van der Waals surface area contributed by atoms with Crippen LogP contribution in [0.1, 0.15) is 37.7 Å². The van der Waals surface area contributed by atoms with Crippen LogP contribution in [0.3, 0.4) is 0 Å². The average Bonchev–Trinajstić information content (AvgIpc) is 2.98. The van der Waals surface area contributed by atoms with Crippen LogP contribution < -0.4 is 0 Å². The van der Waals surface area contributed by atoms with Gasteiger partial charge < -0.3 is 4.74 Å². The van der Waals surface area contributed by atoms with Crippen LogP contribution in [-0.4, -0.2) is 60.8 Å². The van der Waals surface area contributed by atoms with Gasteiger partial charge in [-0.3, -0.25) is 9.63 Å². The van der Waals surface area contributed by atoms with Gasteiger partial charge in [0.05, 0.1) is 18.2 Å². The van der Waals surface area contributed by atoms with Crippen LogP contribution in [0, 0.1) is 0 Å². The first-order valence-electron chi connectivity index (χ1n) is 9.59. The van der Waals surface area contributed by atoms with E-state index in [1.54, 1.807) is 4.31 Å². The number of sulfonamides is 1. The van der Waals surface area contributed by atoms with Gasteiger partial charge in [0.1, 0.15) is 5.60 Å². The number of carbonyl (C=O) groups is 1. The number of ether oxygens (including phenoxy) is 1. The van der Waals surface area contributed by atoms with Gasteiger partial charge >= 0.3 is 0 Å². The van der Waals surface area contributed by atoms with Gasteiger partial charge in [0, 0.05) is 26.3 Å². The first-order valence-corrected chi connectivity index (χ1v) is 11.1. The molecule has 1 aromatic carbocycles. The molecular weight excluding hydrogens is 368 g/mol. The van der Waals surface area contributed by atoms with Crippen LogP contribution in [0.4, 0.5) is 0 Å². The summed E-state index contributed by atoms with van der Waals surface area (Å²) in [6, 6.07) is 9.73. The Bertz CT molecular complexity index is 769. The van der Waals surface area contributed by atoms with Crippen molar-refractivity contribution < 1.29 is 22.8 Å². The van der Waals surface area contributed by atoms with Crippen LogP contribution in [0.2, 0.25) is 0 Å². The Morgan fingerprint density at radius 1 is 1.07 bits per heavy atom. The van der Waals surface area contributed by atoms with Crippen molar-refractivity contribution in [3.8, 4) is 0 Å². The van der Waals surface area contributed by atoms with Crippen LogP contribution in [0.5, 0.6) is 0 Å². The summed E-state index contributed by atoms with van der Waals surface area (Å²) in [5.41, 5.74) is 0.454. The summed E-state index contributed by atoms with van der Waals surface area (Å²) in [7, 11) is -3.31. The molecule has 148 valence electrons. The Labute approximate surface area is 160 Å². The molecule has 3 fully saturated rings. The molecule has 0 atom stereocenters. The van der Waals surface area contributed by atoms with Gasteiger partial charge in [0.2, 0.25) is 15.9 Å². The van der Waals surface area contributed by atoms with Gasteiger partial charge in [0.25, 0.3) is 0 Å². The zero-order valence-electron chi connectivity index (χ0n) is 15.4. The number of hydrogen-bond acceptors (Lipinski definition) is 5. The molecule has 1 aromatic rings. The number of hydroxylamine groups is 2. The highest BCUT2D eigenvalue weighted by molar-refractivity contribution is 7.89. The zero-order valence-corrected chi connectivity index (χ0v) is 16.2. The number of nitrogens with zero attached hydrogens (tertiary/aromatic N) is 2. The van der Waals surface area contributed by atoms with Crippen molar-refractivity contribution in [3.63, 3.8) is 0 Å². The summed E-state index contributed by atoms with van der Waals surface area (Å²) in [6.07, 6.45) is 2.54. The average molecular weight is 394 g/mol. The normalized spacial score (nSPS) is 24.6. The lowest BCUT2D eigenvalue weighted by molar-refractivity contribution is -0.212. The minimum atomic E-state index is -3.31. The molecule has 3 heterocycles. The second kappa shape index (κ2) is 7.50. The highest BCUT2D eigenvalue weighted by Gasteiger charge is 2.49. The maximum atomic E-state index is 12.9. The summed E-state index contributed by atoms with van der Waals surface area (Å²) >= 11 is 0. The van der Waals surface area contributed by atoms with Gasteiger partial charge in [0.15, 0.2) is 0 Å². The molecule has 0 aromatic heterocycles. The van der Waals surface area contributed by atoms with Gasteiger partial charge in [-0.05, 0) is 31.2 Å². The second-order valence-electron chi connectivity index (χ2n) is 7.62. The lowest BCUT2D eigenvalue weighted by atomic mass is 9.89. The minimum Gasteiger partial charge on any atom is -0.381 e. The van der Waals surface area contributed by atoms with Crippen LogP contribution >= 0.6 is 0 Å². The largest absolute Gasteiger partial charge is 0.381 e. The number of rotatable bonds is 4. The first kappa shape index (κ1) is 18.9. The lowest BCUT2D eigenvalue weighted by Crippen LogP contribution is -2.50. The SMILES string of the molecule is O=C1CC2(CCN(S(=O)(=O)C3CCOCC3)CC2)ON1Cc1ccccc1. The molecule has 0 bridgehead atoms. The predicted molar refractivity (Wildman–Crippen MR) is 99.0 cm³/mol. The van der Waals surface area contributed by atoms with Crippen molar-refractivity contribution in [1.82, 2.24) is 9.37 Å². The fourth-order valence-corrected chi connectivity index (χ4v) is 6.05. The number of piperidine rings is 1. The molecule has 27 heavy (non-hydrogen) atoms. The van der Waals surface area contributed by atoms with E-state index in [1.807, 2.05) is 30.3 Å². The molecule has 8 heteroatoms. The van der Waals surface area contributed by atoms with Crippen molar-refractivity contribution in [2.24, 2.45) is 0 Å². The summed E-state index contributed by atoms with van der Waals surface area (Å²) in [5, 5.41) is 1.10. The lowest BCUT2D eigenvalue weighted by Gasteiger charge is -2.39. The highest BCUT2D eigenvalue weighted by atomic mass is 32.2. The Balaban J connectivity index is 1.38. The molecule has 0 N–H and O–H groups in total. The molecule has 3 aliphatic heterocycles. The Hall–Kier alpha value is -1.48. The molecular formula is C19H26N2O5S. The van der Waals surface area contributed by atoms with Crippen molar-refractivity contribution in [2.45, 2.75) is 49.5 Å². The fraction of sp³-hybridized carbons (Fsp3) is 0.632. The summed E-state index contributed by atoms with van der Waals surface area (Å²) in [4.78, 5) is 18.5. The third kappa shape index (κ3) is 3.89. The van der Waals surface area contributed by atoms with E-state index in [2.05, 4.69) is 0 Å². The molecule has 3 aliphatic rings. The van der Waals surface area contributed by atoms with Crippen LogP contribution in [0.15, 0.2) is 30.3 Å². The number of benzene rings is 1. The fourth-order valence-electron chi connectivity index (χ4n) is 4.15. The van der Waals surface area contributed by atoms with Crippen LogP contribution in [-0.2, 0) is 30.9 Å². The zero-order chi connectivity index (χ0) is 18.9. The Morgan fingerprint density at radius 2 is 1.74 bits per heavy atom. The quantitative estimate of drug-likeness (QED) is 0.777. The molecule has 0 radical (unpaired) electrons. The Morgan fingerprint density at radius 3 is 2.41 bits per heavy atom. The minimum absolute atomic E-state index is 0.0282. The number of carbonyl (C=O) groups excluding carboxylic acids is 1. The number of hydrogen-bond donors (Lipinski definition) is 0. The predicted octanol–water partition coefficient (Wildman–Crippen LogP) is 1.69. The van der Waals surface area contributed by atoms with E-state index in [0.717, 1.165) is 5.56 Å². The molecule has 7 nitrogen and oxygen atoms in total. The number of amides is 1. The van der Waals surface area contributed by atoms with Crippen molar-refractivity contribution in [3.05, 3.63) is 35.9 Å². The topological polar surface area (TPSA) is 76.2 Å². The van der Waals surface area contributed by atoms with Crippen molar-refractivity contribution in [1.29, 1.82) is 0 Å². The monoisotopic (exact) mass is 394 g/mol. The molecule has 0 saturated carbocycles. The van der Waals surface area contributed by atoms with E-state index in [1.165, 1.54) is 5.06 Å². The smallest absolute Gasteiger partial charge is 0.249 e. The van der Waals surface area contributed by atoms with Gasteiger partial charge in [-0.1, -0.05) is 30.3 Å². The van der Waals surface area contributed by atoms with E-state index < -0.39 is 15.6 Å². The molecule has 4 rings (SSSR count). The maximum Gasteiger partial charge on any atom is 0.249 e. The first-order chi connectivity index (χ1) is 13.0. The maximum absolute atomic E-state index is 12.9. The van der Waals surface area contributed by atoms with Crippen LogP contribution in [0.25, 0.3) is 0 Å². The third-order valence-electron chi connectivity index (χ3n) is 5.81. The summed E-state index contributed by atoms with van der Waals surface area (Å²) in [6.45, 7) is 2.26. The van der Waals surface area contributed by atoms with Gasteiger partial charge in [-0.2, -0.15) is 0 Å². The third-order valence-corrected chi connectivity index (χ3v) is 8.21. The highest BCUT2D eigenvalue weighted by Crippen LogP contribution is 2.38. The van der Waals surface area contributed by atoms with E-state index >= 15 is 0 Å². The molecule has 1 amide bonds. The van der Waals surface area contributed by atoms with E-state index in [-0.39, 0.29) is 11.2 Å². The molecule has 0 unspecified atom stereocenters. The van der Waals surface area contributed by atoms with E-state index in [9.17, 15) is 13.2 Å². The molecule has 1 spiro atoms. The van der Waals surface area contributed by atoms with Gasteiger partial charge in [-0.15, -0.1) is 0 Å². The summed E-state index contributed by atoms with van der Waals surface area (Å²) < 4.78 is 32.6. The Kier molecular flexibility index (Phi) is 5.24. The van der Waals surface area contributed by atoms with Crippen molar-refractivity contribution >= 4 is 15.9 Å². The summed E-state index contributed by atoms with van der Waals surface area (Å²) in [5.74, 6) is -0.0282. The standard InChI is InChI=1S/C19H26N2O5S/c22-18-14-19(26-21(18)15-16-4-2-1-3-5-16)8-10-20(11-9-19)27(23,24)17-6-12-25-13-7-17/h1-5,17H,6-15H2. The molecule has 0 aliphatic carbocycles. The van der Waals surface area contributed by atoms with E-state index in [4.69, 9.17) is 9.57 Å². The van der Waals surface area contributed by atoms with Gasteiger partial charge in [-0.25, -0.2) is 17.8 Å². The second-order valence-corrected chi connectivity index (χ2v) is 9.84.